The van der Waals surface area contributed by atoms with Gasteiger partial charge in [-0.1, -0.05) is 142 Å². The maximum absolute atomic E-state index is 11.2. The number of hydrogen-bond donors (Lipinski definition) is 1. The molecule has 3 heterocycles. The van der Waals surface area contributed by atoms with E-state index < -0.39 is 0 Å². The number of aldehydes is 1. The highest BCUT2D eigenvalue weighted by atomic mass is 35.5. The average molecular weight is 938 g/mol. The van der Waals surface area contributed by atoms with Crippen molar-refractivity contribution in [3.63, 3.8) is 0 Å². The van der Waals surface area contributed by atoms with Crippen molar-refractivity contribution < 1.29 is 9.90 Å². The van der Waals surface area contributed by atoms with Crippen LogP contribution in [0.2, 0.25) is 30.1 Å². The number of nitrogens with zero attached hydrogens (tertiary/aromatic N) is 6. The lowest BCUT2D eigenvalue weighted by atomic mass is 10.0. The third kappa shape index (κ3) is 8.62. The van der Waals surface area contributed by atoms with Gasteiger partial charge >= 0.3 is 0 Å². The van der Waals surface area contributed by atoms with E-state index in [4.69, 9.17) is 81.2 Å². The summed E-state index contributed by atoms with van der Waals surface area (Å²) in [7, 11) is 5.46. The molecule has 0 saturated carbocycles. The molecule has 0 aliphatic carbocycles. The molecular weight excluding hydrogens is 905 g/mol. The van der Waals surface area contributed by atoms with Gasteiger partial charge in [-0.15, -0.1) is 11.6 Å². The van der Waals surface area contributed by atoms with E-state index in [9.17, 15) is 9.90 Å². The first-order chi connectivity index (χ1) is 28.8. The van der Waals surface area contributed by atoms with Crippen molar-refractivity contribution in [1.82, 2.24) is 29.3 Å². The number of carbonyl (C=O) groups is 1. The highest BCUT2D eigenvalue weighted by molar-refractivity contribution is 6.38. The molecule has 0 amide bonds. The van der Waals surface area contributed by atoms with Crippen LogP contribution in [0.25, 0.3) is 66.1 Å². The highest BCUT2D eigenvalue weighted by Crippen LogP contribution is 2.38. The third-order valence-electron chi connectivity index (χ3n) is 9.94. The van der Waals surface area contributed by atoms with Crippen molar-refractivity contribution in [2.24, 2.45) is 21.1 Å². The zero-order chi connectivity index (χ0) is 42.8. The lowest BCUT2D eigenvalue weighted by Gasteiger charge is -2.06. The Morgan fingerprint density at radius 3 is 1.25 bits per heavy atom. The highest BCUT2D eigenvalue weighted by Gasteiger charge is 2.17. The summed E-state index contributed by atoms with van der Waals surface area (Å²) in [6.07, 6.45) is 0.808. The summed E-state index contributed by atoms with van der Waals surface area (Å²) < 4.78 is 5.08. The largest absolute Gasteiger partial charge is 0.390 e. The third-order valence-corrected chi connectivity index (χ3v) is 11.8. The van der Waals surface area contributed by atoms with Crippen LogP contribution in [0.1, 0.15) is 21.9 Å². The molecule has 0 unspecified atom stereocenters. The SMILES string of the molecule is Cn1nc2c(-c3ccc(Cl)cc3Cl)cccc2c1C=O.Cn1nc2c(-c3ccc(Cl)cc3Cl)cccc2c1CCl.Cn1nc2c(-c3ccc(Cl)cc3Cl)cccc2c1CO. The predicted molar refractivity (Wildman–Crippen MR) is 249 cm³/mol. The summed E-state index contributed by atoms with van der Waals surface area (Å²) in [5.41, 5.74) is 10.2. The molecule has 0 bridgehead atoms. The number of carbonyl (C=O) groups excluding carboxylic acids is 1. The number of alkyl halides is 1. The van der Waals surface area contributed by atoms with E-state index in [1.165, 1.54) is 0 Å². The molecule has 3 aromatic heterocycles. The zero-order valence-electron chi connectivity index (χ0n) is 32.1. The van der Waals surface area contributed by atoms with E-state index in [1.54, 1.807) is 46.7 Å². The standard InChI is InChI=1S/C15H11Cl3N2.C15H12Cl2N2O.C15H10Cl2N2O/c1-20-14(8-16)12-4-2-3-11(15(12)19-20)10-6-5-9(17)7-13(10)18;2*1-19-14(8-20)12-4-2-3-11(15(12)18-19)10-6-5-9(16)7-13(10)17/h2-7H,8H2,1H3;2-7,20H,8H2,1H3;2-8H,1H3. The topological polar surface area (TPSA) is 90.8 Å². The van der Waals surface area contributed by atoms with Gasteiger partial charge in [-0.05, 0) is 36.4 Å². The molecule has 15 heteroatoms. The van der Waals surface area contributed by atoms with E-state index in [0.717, 1.165) is 83.8 Å². The van der Waals surface area contributed by atoms with E-state index in [2.05, 4.69) is 15.3 Å². The van der Waals surface area contributed by atoms with Crippen LogP contribution in [0.15, 0.2) is 109 Å². The van der Waals surface area contributed by atoms with Crippen LogP contribution in [0.3, 0.4) is 0 Å². The fraction of sp³-hybridized carbons (Fsp3) is 0.111. The maximum atomic E-state index is 11.2. The zero-order valence-corrected chi connectivity index (χ0v) is 37.4. The van der Waals surface area contributed by atoms with E-state index >= 15 is 0 Å². The second-order valence-corrected chi connectivity index (χ2v) is 16.3. The number of fused-ring (bicyclic) bond motifs is 3. The lowest BCUT2D eigenvalue weighted by Crippen LogP contribution is -1.96. The fourth-order valence-electron chi connectivity index (χ4n) is 7.04. The molecule has 0 aliphatic rings. The van der Waals surface area contributed by atoms with Crippen LogP contribution in [0, 0.1) is 0 Å². The first kappa shape index (κ1) is 43.5. The molecule has 0 aliphatic heterocycles. The summed E-state index contributed by atoms with van der Waals surface area (Å²) in [4.78, 5) is 11.2. The van der Waals surface area contributed by atoms with Crippen LogP contribution in [0.5, 0.6) is 0 Å². The van der Waals surface area contributed by atoms with Crippen molar-refractivity contribution in [3.05, 3.63) is 156 Å². The first-order valence-corrected chi connectivity index (χ1v) is 21.0. The van der Waals surface area contributed by atoms with Gasteiger partial charge in [0, 0.05) is 101 Å². The average Bonchev–Trinajstić information content (AvgIpc) is 3.86. The lowest BCUT2D eigenvalue weighted by molar-refractivity contribution is 0.111. The van der Waals surface area contributed by atoms with Crippen molar-refractivity contribution in [2.45, 2.75) is 12.5 Å². The van der Waals surface area contributed by atoms with Crippen LogP contribution in [0.4, 0.5) is 0 Å². The Morgan fingerprint density at radius 1 is 0.500 bits per heavy atom. The molecule has 0 saturated heterocycles. The normalized spacial score (nSPS) is 11.1. The molecule has 60 heavy (non-hydrogen) atoms. The quantitative estimate of drug-likeness (QED) is 0.132. The second-order valence-electron chi connectivity index (χ2n) is 13.5. The molecule has 304 valence electrons. The number of aliphatic hydroxyl groups is 1. The van der Waals surface area contributed by atoms with Gasteiger partial charge in [-0.3, -0.25) is 18.8 Å². The van der Waals surface area contributed by atoms with Gasteiger partial charge in [0.05, 0.1) is 23.9 Å². The van der Waals surface area contributed by atoms with Crippen LogP contribution >= 0.6 is 81.2 Å². The van der Waals surface area contributed by atoms with Crippen molar-refractivity contribution >= 4 is 120 Å². The summed E-state index contributed by atoms with van der Waals surface area (Å²) in [5.74, 6) is 0.421. The molecule has 0 atom stereocenters. The predicted octanol–water partition coefficient (Wildman–Crippen LogP) is 13.7. The van der Waals surface area contributed by atoms with E-state index in [0.29, 0.717) is 41.7 Å². The molecule has 8 nitrogen and oxygen atoms in total. The van der Waals surface area contributed by atoms with Crippen LogP contribution < -0.4 is 0 Å². The Balaban J connectivity index is 0.000000136. The molecule has 9 aromatic rings. The molecule has 0 spiro atoms. The maximum Gasteiger partial charge on any atom is 0.168 e. The minimum atomic E-state index is -0.0508. The Morgan fingerprint density at radius 2 is 0.867 bits per heavy atom. The monoisotopic (exact) mass is 934 g/mol. The van der Waals surface area contributed by atoms with Gasteiger partial charge in [-0.25, -0.2) is 0 Å². The number of aromatic nitrogens is 6. The minimum absolute atomic E-state index is 0.0508. The van der Waals surface area contributed by atoms with Crippen molar-refractivity contribution in [3.8, 4) is 33.4 Å². The van der Waals surface area contributed by atoms with E-state index in [1.807, 2.05) is 97.6 Å². The number of rotatable bonds is 6. The van der Waals surface area contributed by atoms with Crippen molar-refractivity contribution in [2.75, 3.05) is 0 Å². The number of hydrogen-bond acceptors (Lipinski definition) is 5. The van der Waals surface area contributed by atoms with Gasteiger partial charge in [0.25, 0.3) is 0 Å². The van der Waals surface area contributed by atoms with Crippen LogP contribution in [-0.4, -0.2) is 40.7 Å². The van der Waals surface area contributed by atoms with Gasteiger partial charge in [0.15, 0.2) is 6.29 Å². The minimum Gasteiger partial charge on any atom is -0.390 e. The summed E-state index contributed by atoms with van der Waals surface area (Å²) in [5, 5.41) is 29.3. The smallest absolute Gasteiger partial charge is 0.168 e. The number of aryl methyl sites for hydroxylation is 3. The Kier molecular flexibility index (Phi) is 13.5. The summed E-state index contributed by atoms with van der Waals surface area (Å²) >= 11 is 42.6. The number of halogens is 7. The first-order valence-electron chi connectivity index (χ1n) is 18.2. The summed E-state index contributed by atoms with van der Waals surface area (Å²) in [6.45, 7) is -0.0508. The van der Waals surface area contributed by atoms with Gasteiger partial charge in [0.2, 0.25) is 0 Å². The Bertz CT molecular complexity index is 2930. The molecule has 0 radical (unpaired) electrons. The molecule has 1 N–H and O–H groups in total. The van der Waals surface area contributed by atoms with Gasteiger partial charge in [-0.2, -0.15) is 15.3 Å². The molecule has 0 fully saturated rings. The fourth-order valence-corrected chi connectivity index (χ4v) is 8.88. The summed E-state index contributed by atoms with van der Waals surface area (Å²) in [6, 6.07) is 33.8. The Hall–Kier alpha value is -4.61. The van der Waals surface area contributed by atoms with Gasteiger partial charge in [0.1, 0.15) is 22.2 Å². The number of aliphatic hydroxyl groups excluding tert-OH is 1. The molecule has 6 aromatic carbocycles. The Labute approximate surface area is 380 Å². The second kappa shape index (κ2) is 18.6. The van der Waals surface area contributed by atoms with Crippen LogP contribution in [-0.2, 0) is 33.6 Å². The number of benzene rings is 6. The molecular formula is C45H33Cl7N6O2. The van der Waals surface area contributed by atoms with Crippen molar-refractivity contribution in [1.29, 1.82) is 0 Å². The van der Waals surface area contributed by atoms with E-state index in [-0.39, 0.29) is 6.61 Å². The van der Waals surface area contributed by atoms with Gasteiger partial charge < -0.3 is 5.11 Å². The molecule has 9 rings (SSSR count).